The summed E-state index contributed by atoms with van der Waals surface area (Å²) in [7, 11) is 0. The van der Waals surface area contributed by atoms with Gasteiger partial charge in [0.15, 0.2) is 0 Å². The van der Waals surface area contributed by atoms with E-state index in [9.17, 15) is 9.59 Å². The quantitative estimate of drug-likeness (QED) is 0.914. The minimum absolute atomic E-state index is 0.0829. The van der Waals surface area contributed by atoms with Gasteiger partial charge < -0.3 is 15.0 Å². The number of carbonyl (C=O) groups excluding carboxylic acids is 2. The Bertz CT molecular complexity index is 687. The topological polar surface area (TPSA) is 58.6 Å². The summed E-state index contributed by atoms with van der Waals surface area (Å²) < 4.78 is 5.26. The first kappa shape index (κ1) is 16.9. The predicted molar refractivity (Wildman–Crippen MR) is 95.8 cm³/mol. The van der Waals surface area contributed by atoms with Crippen molar-refractivity contribution in [2.45, 2.75) is 32.7 Å². The monoisotopic (exact) mass is 346 g/mol. The van der Waals surface area contributed by atoms with Gasteiger partial charge in [0.2, 0.25) is 5.91 Å². The lowest BCUT2D eigenvalue weighted by molar-refractivity contribution is -0.133. The molecule has 5 nitrogen and oxygen atoms in total. The summed E-state index contributed by atoms with van der Waals surface area (Å²) in [6.45, 7) is 4.65. The molecule has 0 aliphatic carbocycles. The van der Waals surface area contributed by atoms with E-state index in [0.717, 1.165) is 23.2 Å². The van der Waals surface area contributed by atoms with Crippen LogP contribution >= 0.6 is 11.8 Å². The first-order valence-electron chi connectivity index (χ1n) is 8.14. The number of thioether (sulfide) groups is 1. The van der Waals surface area contributed by atoms with Crippen LogP contribution in [0.15, 0.2) is 30.0 Å². The number of ether oxygens (including phenoxy) is 1. The summed E-state index contributed by atoms with van der Waals surface area (Å²) >= 11 is 1.60. The molecule has 2 amide bonds. The van der Waals surface area contributed by atoms with Crippen LogP contribution in [0.25, 0.3) is 0 Å². The van der Waals surface area contributed by atoms with Gasteiger partial charge >= 0.3 is 0 Å². The highest BCUT2D eigenvalue weighted by molar-refractivity contribution is 7.99. The molecule has 2 heterocycles. The molecular formula is C18H22N2O3S. The molecule has 1 N–H and O–H groups in total. The number of nitrogens with zero attached hydrogens (tertiary/aromatic N) is 1. The maximum Gasteiger partial charge on any atom is 0.254 e. The van der Waals surface area contributed by atoms with Gasteiger partial charge in [0.05, 0.1) is 24.3 Å². The number of carbonyl (C=O) groups is 2. The third-order valence-electron chi connectivity index (χ3n) is 4.29. The summed E-state index contributed by atoms with van der Waals surface area (Å²) in [6.07, 6.45) is 3.11. The molecule has 1 saturated heterocycles. The summed E-state index contributed by atoms with van der Waals surface area (Å²) in [5.41, 5.74) is 3.64. The lowest BCUT2D eigenvalue weighted by atomic mass is 10.1. The summed E-state index contributed by atoms with van der Waals surface area (Å²) in [5.74, 6) is 0.954. The molecule has 128 valence electrons. The van der Waals surface area contributed by atoms with Crippen LogP contribution in [0.3, 0.4) is 0 Å². The Morgan fingerprint density at radius 3 is 2.88 bits per heavy atom. The summed E-state index contributed by atoms with van der Waals surface area (Å²) in [5, 5.41) is 2.97. The highest BCUT2D eigenvalue weighted by Crippen LogP contribution is 2.26. The number of hydrogen-bond acceptors (Lipinski definition) is 4. The molecule has 1 fully saturated rings. The fraction of sp³-hybridized carbons (Fsp3) is 0.444. The summed E-state index contributed by atoms with van der Waals surface area (Å²) in [4.78, 5) is 27.0. The molecule has 0 radical (unpaired) electrons. The molecule has 1 unspecified atom stereocenters. The Morgan fingerprint density at radius 1 is 1.33 bits per heavy atom. The minimum atomic E-state index is -0.439. The zero-order chi connectivity index (χ0) is 17.1. The maximum absolute atomic E-state index is 12.7. The van der Waals surface area contributed by atoms with Crippen molar-refractivity contribution >= 4 is 29.3 Å². The van der Waals surface area contributed by atoms with Gasteiger partial charge in [-0.05, 0) is 38.3 Å². The van der Waals surface area contributed by atoms with E-state index in [0.29, 0.717) is 30.2 Å². The maximum atomic E-state index is 12.7. The highest BCUT2D eigenvalue weighted by Gasteiger charge is 2.36. The molecule has 2 aliphatic rings. The van der Waals surface area contributed by atoms with Gasteiger partial charge in [-0.15, -0.1) is 11.8 Å². The molecule has 1 aromatic rings. The van der Waals surface area contributed by atoms with Crippen molar-refractivity contribution < 1.29 is 14.3 Å². The van der Waals surface area contributed by atoms with Crippen molar-refractivity contribution in [1.29, 1.82) is 0 Å². The van der Waals surface area contributed by atoms with Crippen LogP contribution in [0.1, 0.15) is 24.0 Å². The van der Waals surface area contributed by atoms with Gasteiger partial charge in [0.25, 0.3) is 5.91 Å². The average Bonchev–Trinajstić information content (AvgIpc) is 3.07. The minimum Gasteiger partial charge on any atom is -0.501 e. The third kappa shape index (κ3) is 3.59. The van der Waals surface area contributed by atoms with Crippen LogP contribution in [-0.2, 0) is 14.3 Å². The van der Waals surface area contributed by atoms with Crippen molar-refractivity contribution in [3.05, 3.63) is 41.2 Å². The number of nitrogens with one attached hydrogen (secondary N) is 1. The molecule has 3 rings (SSSR count). The van der Waals surface area contributed by atoms with Crippen LogP contribution in [0.4, 0.5) is 5.69 Å². The zero-order valence-electron chi connectivity index (χ0n) is 14.0. The number of aryl methyl sites for hydroxylation is 2. The molecule has 0 bridgehead atoms. The second-order valence-corrected chi connectivity index (χ2v) is 7.22. The largest absolute Gasteiger partial charge is 0.501 e. The fourth-order valence-corrected chi connectivity index (χ4v) is 4.09. The second-order valence-electron chi connectivity index (χ2n) is 6.22. The molecule has 24 heavy (non-hydrogen) atoms. The van der Waals surface area contributed by atoms with E-state index in [4.69, 9.17) is 4.74 Å². The molecule has 0 aromatic heterocycles. The highest BCUT2D eigenvalue weighted by atomic mass is 32.2. The fourth-order valence-electron chi connectivity index (χ4n) is 2.94. The Balaban J connectivity index is 1.71. The van der Waals surface area contributed by atoms with Crippen LogP contribution < -0.4 is 5.32 Å². The van der Waals surface area contributed by atoms with Crippen molar-refractivity contribution in [3.8, 4) is 0 Å². The molecule has 1 atom stereocenters. The van der Waals surface area contributed by atoms with Gasteiger partial charge in [0, 0.05) is 11.4 Å². The van der Waals surface area contributed by atoms with Crippen molar-refractivity contribution in [2.75, 3.05) is 23.6 Å². The zero-order valence-corrected chi connectivity index (χ0v) is 14.8. The van der Waals surface area contributed by atoms with E-state index < -0.39 is 6.04 Å². The molecular weight excluding hydrogens is 324 g/mol. The van der Waals surface area contributed by atoms with Crippen LogP contribution in [-0.4, -0.2) is 41.0 Å². The number of benzene rings is 1. The van der Waals surface area contributed by atoms with Crippen molar-refractivity contribution in [2.24, 2.45) is 0 Å². The van der Waals surface area contributed by atoms with Crippen LogP contribution in [0.5, 0.6) is 0 Å². The van der Waals surface area contributed by atoms with E-state index in [-0.39, 0.29) is 11.8 Å². The smallest absolute Gasteiger partial charge is 0.254 e. The molecule has 6 heteroatoms. The average molecular weight is 346 g/mol. The molecule has 1 aromatic carbocycles. The summed E-state index contributed by atoms with van der Waals surface area (Å²) in [6, 6.07) is 5.48. The molecule has 0 saturated carbocycles. The molecule has 0 spiro atoms. The Morgan fingerprint density at radius 2 is 2.17 bits per heavy atom. The van der Waals surface area contributed by atoms with Crippen LogP contribution in [0.2, 0.25) is 0 Å². The Kier molecular flexibility index (Phi) is 5.14. The SMILES string of the molecule is Cc1ccc(NC(=O)C2CSCN2C(=O)C2=COCCC2)c(C)c1. The third-order valence-corrected chi connectivity index (χ3v) is 5.31. The van der Waals surface area contributed by atoms with E-state index in [1.165, 1.54) is 0 Å². The van der Waals surface area contributed by atoms with E-state index in [1.54, 1.807) is 22.9 Å². The van der Waals surface area contributed by atoms with Gasteiger partial charge in [-0.1, -0.05) is 17.7 Å². The van der Waals surface area contributed by atoms with Crippen molar-refractivity contribution in [3.63, 3.8) is 0 Å². The second kappa shape index (κ2) is 7.30. The van der Waals surface area contributed by atoms with E-state index in [1.807, 2.05) is 32.0 Å². The van der Waals surface area contributed by atoms with Gasteiger partial charge in [-0.2, -0.15) is 0 Å². The lowest BCUT2D eigenvalue weighted by Crippen LogP contribution is -2.45. The van der Waals surface area contributed by atoms with E-state index in [2.05, 4.69) is 5.32 Å². The normalized spacial score (nSPS) is 20.3. The van der Waals surface area contributed by atoms with E-state index >= 15 is 0 Å². The van der Waals surface area contributed by atoms with Gasteiger partial charge in [-0.3, -0.25) is 9.59 Å². The first-order valence-corrected chi connectivity index (χ1v) is 9.29. The van der Waals surface area contributed by atoms with Gasteiger partial charge in [0.1, 0.15) is 6.04 Å². The first-order chi connectivity index (χ1) is 11.6. The number of hydrogen-bond donors (Lipinski definition) is 1. The lowest BCUT2D eigenvalue weighted by Gasteiger charge is -2.25. The van der Waals surface area contributed by atoms with Crippen LogP contribution in [0, 0.1) is 13.8 Å². The van der Waals surface area contributed by atoms with Gasteiger partial charge in [-0.25, -0.2) is 0 Å². The number of rotatable bonds is 3. The Hall–Kier alpha value is -1.95. The number of anilines is 1. The predicted octanol–water partition coefficient (Wildman–Crippen LogP) is 2.84. The Labute approximate surface area is 146 Å². The number of amides is 2. The van der Waals surface area contributed by atoms with Crippen molar-refractivity contribution in [1.82, 2.24) is 4.90 Å². The molecule has 2 aliphatic heterocycles. The standard InChI is InChI=1S/C18H22N2O3S/c1-12-5-6-15(13(2)8-12)19-17(21)16-10-24-11-20(16)18(22)14-4-3-7-23-9-14/h5-6,8-9,16H,3-4,7,10-11H2,1-2H3,(H,19,21).